The first-order valence-electron chi connectivity index (χ1n) is 8.20. The van der Waals surface area contributed by atoms with Crippen molar-refractivity contribution in [2.24, 2.45) is 0 Å². The molecule has 2 heterocycles. The highest BCUT2D eigenvalue weighted by Gasteiger charge is 2.24. The number of hydrogen-bond donors (Lipinski definition) is 1. The summed E-state index contributed by atoms with van der Waals surface area (Å²) in [7, 11) is 0. The fourth-order valence-electron chi connectivity index (χ4n) is 2.83. The molecule has 0 atom stereocenters. The van der Waals surface area contributed by atoms with Crippen molar-refractivity contribution in [2.45, 2.75) is 19.3 Å². The van der Waals surface area contributed by atoms with Gasteiger partial charge in [0.15, 0.2) is 0 Å². The van der Waals surface area contributed by atoms with Crippen molar-refractivity contribution in [1.82, 2.24) is 9.97 Å². The Bertz CT molecular complexity index is 686. The number of halogens is 1. The SMILES string of the molecule is CC(C)(CNc1cc(N2CCOCC2)ncn1)c1ccccc1F. The zero-order valence-electron chi connectivity index (χ0n) is 14.1. The minimum absolute atomic E-state index is 0.180. The van der Waals surface area contributed by atoms with Gasteiger partial charge in [-0.1, -0.05) is 32.0 Å². The van der Waals surface area contributed by atoms with E-state index < -0.39 is 0 Å². The number of morpholine rings is 1. The highest BCUT2D eigenvalue weighted by Crippen LogP contribution is 2.26. The monoisotopic (exact) mass is 330 g/mol. The summed E-state index contributed by atoms with van der Waals surface area (Å²) in [4.78, 5) is 10.8. The van der Waals surface area contributed by atoms with Gasteiger partial charge in [0, 0.05) is 31.1 Å². The Hall–Kier alpha value is -2.21. The molecular formula is C18H23FN4O. The first-order valence-corrected chi connectivity index (χ1v) is 8.20. The number of nitrogens with zero attached hydrogens (tertiary/aromatic N) is 3. The summed E-state index contributed by atoms with van der Waals surface area (Å²) in [5.74, 6) is 1.45. The van der Waals surface area contributed by atoms with Crippen LogP contribution in [-0.4, -0.2) is 42.8 Å². The fraction of sp³-hybridized carbons (Fsp3) is 0.444. The highest BCUT2D eigenvalue weighted by molar-refractivity contribution is 5.49. The Morgan fingerprint density at radius 1 is 1.21 bits per heavy atom. The average Bonchev–Trinajstić information content (AvgIpc) is 2.61. The van der Waals surface area contributed by atoms with Gasteiger partial charge in [-0.2, -0.15) is 0 Å². The van der Waals surface area contributed by atoms with E-state index in [4.69, 9.17) is 4.74 Å². The molecule has 0 spiro atoms. The van der Waals surface area contributed by atoms with E-state index in [2.05, 4.69) is 20.2 Å². The molecule has 24 heavy (non-hydrogen) atoms. The van der Waals surface area contributed by atoms with Gasteiger partial charge >= 0.3 is 0 Å². The predicted octanol–water partition coefficient (Wildman–Crippen LogP) is 2.84. The molecule has 0 saturated carbocycles. The summed E-state index contributed by atoms with van der Waals surface area (Å²) < 4.78 is 19.4. The quantitative estimate of drug-likeness (QED) is 0.913. The molecule has 5 nitrogen and oxygen atoms in total. The second-order valence-corrected chi connectivity index (χ2v) is 6.58. The Labute approximate surface area is 141 Å². The van der Waals surface area contributed by atoms with Gasteiger partial charge in [0.1, 0.15) is 23.8 Å². The normalized spacial score (nSPS) is 15.4. The lowest BCUT2D eigenvalue weighted by atomic mass is 9.84. The van der Waals surface area contributed by atoms with Crippen LogP contribution in [0.5, 0.6) is 0 Å². The van der Waals surface area contributed by atoms with E-state index in [1.165, 1.54) is 6.07 Å². The zero-order chi connectivity index (χ0) is 17.0. The summed E-state index contributed by atoms with van der Waals surface area (Å²) in [5.41, 5.74) is 0.343. The molecule has 0 unspecified atom stereocenters. The summed E-state index contributed by atoms with van der Waals surface area (Å²) in [6, 6.07) is 8.83. The molecule has 3 rings (SSSR count). The number of hydrogen-bond acceptors (Lipinski definition) is 5. The first kappa shape index (κ1) is 16.6. The minimum atomic E-state index is -0.352. The molecular weight excluding hydrogens is 307 g/mol. The van der Waals surface area contributed by atoms with Crippen LogP contribution in [0.25, 0.3) is 0 Å². The fourth-order valence-corrected chi connectivity index (χ4v) is 2.83. The standard InChI is InChI=1S/C18H23FN4O/c1-18(2,14-5-3-4-6-15(14)19)12-20-16-11-17(22-13-21-16)23-7-9-24-10-8-23/h3-6,11,13H,7-10,12H2,1-2H3,(H,20,21,22). The van der Waals surface area contributed by atoms with Gasteiger partial charge in [-0.25, -0.2) is 14.4 Å². The second kappa shape index (κ2) is 7.13. The average molecular weight is 330 g/mol. The molecule has 1 N–H and O–H groups in total. The van der Waals surface area contributed by atoms with Crippen molar-refractivity contribution in [3.8, 4) is 0 Å². The summed E-state index contributed by atoms with van der Waals surface area (Å²) >= 11 is 0. The number of nitrogens with one attached hydrogen (secondary N) is 1. The van der Waals surface area contributed by atoms with Crippen LogP contribution in [0, 0.1) is 5.82 Å². The van der Waals surface area contributed by atoms with Gasteiger partial charge in [0.05, 0.1) is 13.2 Å². The van der Waals surface area contributed by atoms with E-state index in [1.807, 2.05) is 32.0 Å². The third-order valence-corrected chi connectivity index (χ3v) is 4.30. The van der Waals surface area contributed by atoms with E-state index in [1.54, 1.807) is 12.4 Å². The maximum atomic E-state index is 14.0. The molecule has 1 aliphatic heterocycles. The Morgan fingerprint density at radius 3 is 2.71 bits per heavy atom. The van der Waals surface area contributed by atoms with Gasteiger partial charge in [-0.15, -0.1) is 0 Å². The minimum Gasteiger partial charge on any atom is -0.378 e. The van der Waals surface area contributed by atoms with Gasteiger partial charge in [0.25, 0.3) is 0 Å². The Balaban J connectivity index is 1.69. The van der Waals surface area contributed by atoms with Gasteiger partial charge in [0.2, 0.25) is 0 Å². The van der Waals surface area contributed by atoms with Crippen LogP contribution in [-0.2, 0) is 10.2 Å². The van der Waals surface area contributed by atoms with Crippen LogP contribution in [0.4, 0.5) is 16.0 Å². The third-order valence-electron chi connectivity index (χ3n) is 4.30. The van der Waals surface area contributed by atoms with Gasteiger partial charge in [-0.05, 0) is 11.6 Å². The number of aromatic nitrogens is 2. The summed E-state index contributed by atoms with van der Waals surface area (Å²) in [5, 5.41) is 3.31. The van der Waals surface area contributed by atoms with Crippen molar-refractivity contribution in [2.75, 3.05) is 43.1 Å². The summed E-state index contributed by atoms with van der Waals surface area (Å²) in [6.45, 7) is 7.70. The van der Waals surface area contributed by atoms with Crippen molar-refractivity contribution in [3.63, 3.8) is 0 Å². The topological polar surface area (TPSA) is 50.3 Å². The molecule has 6 heteroatoms. The van der Waals surface area contributed by atoms with Crippen molar-refractivity contribution < 1.29 is 9.13 Å². The van der Waals surface area contributed by atoms with E-state index in [9.17, 15) is 4.39 Å². The van der Waals surface area contributed by atoms with Crippen LogP contribution in [0.2, 0.25) is 0 Å². The zero-order valence-corrected chi connectivity index (χ0v) is 14.1. The lowest BCUT2D eigenvalue weighted by molar-refractivity contribution is 0.122. The molecule has 1 saturated heterocycles. The lowest BCUT2D eigenvalue weighted by Crippen LogP contribution is -2.36. The lowest BCUT2D eigenvalue weighted by Gasteiger charge is -2.28. The van der Waals surface area contributed by atoms with Crippen molar-refractivity contribution in [3.05, 3.63) is 48.0 Å². The Morgan fingerprint density at radius 2 is 1.96 bits per heavy atom. The van der Waals surface area contributed by atoms with Gasteiger partial charge in [-0.3, -0.25) is 0 Å². The van der Waals surface area contributed by atoms with Crippen LogP contribution < -0.4 is 10.2 Å². The molecule has 1 aromatic heterocycles. The van der Waals surface area contributed by atoms with Crippen molar-refractivity contribution >= 4 is 11.6 Å². The molecule has 0 radical (unpaired) electrons. The maximum Gasteiger partial charge on any atom is 0.134 e. The maximum absolute atomic E-state index is 14.0. The highest BCUT2D eigenvalue weighted by atomic mass is 19.1. The molecule has 1 fully saturated rings. The molecule has 1 aliphatic rings. The molecule has 128 valence electrons. The van der Waals surface area contributed by atoms with E-state index in [0.717, 1.165) is 24.7 Å². The molecule has 1 aromatic carbocycles. The number of ether oxygens (including phenoxy) is 1. The Kier molecular flexibility index (Phi) is 4.94. The first-order chi connectivity index (χ1) is 11.6. The van der Waals surface area contributed by atoms with Gasteiger partial charge < -0.3 is 15.0 Å². The number of rotatable bonds is 5. The summed E-state index contributed by atoms with van der Waals surface area (Å²) in [6.07, 6.45) is 1.56. The van der Waals surface area contributed by atoms with Crippen LogP contribution in [0.3, 0.4) is 0 Å². The molecule has 0 bridgehead atoms. The third kappa shape index (κ3) is 3.82. The molecule has 0 aliphatic carbocycles. The predicted molar refractivity (Wildman–Crippen MR) is 93.0 cm³/mol. The van der Waals surface area contributed by atoms with Crippen LogP contribution >= 0.6 is 0 Å². The van der Waals surface area contributed by atoms with Crippen LogP contribution in [0.1, 0.15) is 19.4 Å². The van der Waals surface area contributed by atoms with Crippen LogP contribution in [0.15, 0.2) is 36.7 Å². The van der Waals surface area contributed by atoms with E-state index >= 15 is 0 Å². The number of anilines is 2. The largest absolute Gasteiger partial charge is 0.378 e. The van der Waals surface area contributed by atoms with E-state index in [-0.39, 0.29) is 11.2 Å². The molecule has 0 amide bonds. The smallest absolute Gasteiger partial charge is 0.134 e. The second-order valence-electron chi connectivity index (χ2n) is 6.58. The molecule has 2 aromatic rings. The number of benzene rings is 1. The van der Waals surface area contributed by atoms with Crippen molar-refractivity contribution in [1.29, 1.82) is 0 Å². The van der Waals surface area contributed by atoms with E-state index in [0.29, 0.717) is 25.3 Å².